The molecule has 88 valence electrons. The molecule has 0 bridgehead atoms. The maximum Gasteiger partial charge on any atom is 0.249 e. The molecule has 1 rings (SSSR count). The van der Waals surface area contributed by atoms with Gasteiger partial charge in [-0.25, -0.2) is 0 Å². The van der Waals surface area contributed by atoms with Crippen molar-refractivity contribution in [3.63, 3.8) is 0 Å². The zero-order valence-corrected chi connectivity index (χ0v) is 9.07. The van der Waals surface area contributed by atoms with Crippen LogP contribution in [0.15, 0.2) is 0 Å². The molecule has 2 N–H and O–H groups in total. The van der Waals surface area contributed by atoms with Gasteiger partial charge < -0.3 is 19.9 Å². The molecule has 2 atom stereocenters. The lowest BCUT2D eigenvalue weighted by Gasteiger charge is -2.12. The Bertz CT molecular complexity index is 192. The molecular weight excluding hydrogens is 198 g/mol. The summed E-state index contributed by atoms with van der Waals surface area (Å²) in [4.78, 5) is 11.4. The van der Waals surface area contributed by atoms with Crippen molar-refractivity contribution in [2.75, 3.05) is 26.9 Å². The summed E-state index contributed by atoms with van der Waals surface area (Å²) in [7, 11) is 1.54. The molecule has 1 amide bonds. The van der Waals surface area contributed by atoms with Crippen LogP contribution in [0.4, 0.5) is 0 Å². The molecule has 0 spiro atoms. The van der Waals surface area contributed by atoms with E-state index in [1.165, 1.54) is 7.11 Å². The van der Waals surface area contributed by atoms with Gasteiger partial charge in [0, 0.05) is 20.3 Å². The van der Waals surface area contributed by atoms with Crippen LogP contribution in [-0.2, 0) is 14.3 Å². The molecule has 0 aromatic rings. The SMILES string of the molecule is COCC(O)CCNC(=O)C1CCCO1. The molecule has 0 aromatic heterocycles. The molecular formula is C10H19NO4. The van der Waals surface area contributed by atoms with Crippen LogP contribution < -0.4 is 5.32 Å². The number of hydrogen-bond donors (Lipinski definition) is 2. The van der Waals surface area contributed by atoms with Gasteiger partial charge in [0.25, 0.3) is 0 Å². The molecule has 1 aliphatic heterocycles. The van der Waals surface area contributed by atoms with Crippen LogP contribution in [0.5, 0.6) is 0 Å². The maximum absolute atomic E-state index is 11.4. The minimum atomic E-state index is -0.514. The number of amides is 1. The van der Waals surface area contributed by atoms with Gasteiger partial charge in [0.05, 0.1) is 12.7 Å². The Balaban J connectivity index is 2.06. The van der Waals surface area contributed by atoms with Crippen molar-refractivity contribution in [3.8, 4) is 0 Å². The van der Waals surface area contributed by atoms with Gasteiger partial charge in [-0.15, -0.1) is 0 Å². The number of rotatable bonds is 6. The normalized spacial score (nSPS) is 22.7. The number of methoxy groups -OCH3 is 1. The highest BCUT2D eigenvalue weighted by molar-refractivity contribution is 5.80. The van der Waals surface area contributed by atoms with E-state index >= 15 is 0 Å². The van der Waals surface area contributed by atoms with Gasteiger partial charge in [0.1, 0.15) is 6.10 Å². The number of aliphatic hydroxyl groups excluding tert-OH is 1. The Labute approximate surface area is 89.8 Å². The third-order valence-electron chi connectivity index (χ3n) is 2.36. The number of nitrogens with one attached hydrogen (secondary N) is 1. The standard InChI is InChI=1S/C10H19NO4/c1-14-7-8(12)4-5-11-10(13)9-3-2-6-15-9/h8-9,12H,2-7H2,1H3,(H,11,13). The molecule has 1 heterocycles. The lowest BCUT2D eigenvalue weighted by Crippen LogP contribution is -2.36. The van der Waals surface area contributed by atoms with Crippen molar-refractivity contribution in [2.45, 2.75) is 31.5 Å². The Kier molecular flexibility index (Phi) is 5.60. The molecule has 2 unspecified atom stereocenters. The molecule has 0 aromatic carbocycles. The summed E-state index contributed by atoms with van der Waals surface area (Å²) in [5, 5.41) is 12.1. The van der Waals surface area contributed by atoms with Crippen molar-refractivity contribution < 1.29 is 19.4 Å². The number of ether oxygens (including phenoxy) is 2. The third-order valence-corrected chi connectivity index (χ3v) is 2.36. The summed E-state index contributed by atoms with van der Waals surface area (Å²) in [6.45, 7) is 1.43. The smallest absolute Gasteiger partial charge is 0.249 e. The van der Waals surface area contributed by atoms with E-state index < -0.39 is 6.10 Å². The van der Waals surface area contributed by atoms with Gasteiger partial charge in [-0.1, -0.05) is 0 Å². The lowest BCUT2D eigenvalue weighted by atomic mass is 10.2. The largest absolute Gasteiger partial charge is 0.391 e. The highest BCUT2D eigenvalue weighted by Crippen LogP contribution is 2.11. The minimum Gasteiger partial charge on any atom is -0.391 e. The number of carbonyl (C=O) groups is 1. The summed E-state index contributed by atoms with van der Waals surface area (Å²) >= 11 is 0. The van der Waals surface area contributed by atoms with E-state index in [0.29, 0.717) is 26.2 Å². The van der Waals surface area contributed by atoms with E-state index in [1.54, 1.807) is 0 Å². The van der Waals surface area contributed by atoms with Crippen molar-refractivity contribution in [1.29, 1.82) is 0 Å². The molecule has 5 nitrogen and oxygen atoms in total. The molecule has 15 heavy (non-hydrogen) atoms. The first kappa shape index (κ1) is 12.4. The van der Waals surface area contributed by atoms with Crippen LogP contribution in [0, 0.1) is 0 Å². The summed E-state index contributed by atoms with van der Waals surface area (Å²) in [6, 6.07) is 0. The number of hydrogen-bond acceptors (Lipinski definition) is 4. The molecule has 1 fully saturated rings. The van der Waals surface area contributed by atoms with Crippen LogP contribution in [0.2, 0.25) is 0 Å². The fraction of sp³-hybridized carbons (Fsp3) is 0.900. The van der Waals surface area contributed by atoms with E-state index in [-0.39, 0.29) is 12.0 Å². The Morgan fingerprint density at radius 1 is 1.73 bits per heavy atom. The van der Waals surface area contributed by atoms with Crippen LogP contribution >= 0.6 is 0 Å². The molecule has 0 saturated carbocycles. The quantitative estimate of drug-likeness (QED) is 0.640. The third kappa shape index (κ3) is 4.59. The molecule has 0 aliphatic carbocycles. The molecule has 0 radical (unpaired) electrons. The monoisotopic (exact) mass is 217 g/mol. The van der Waals surface area contributed by atoms with Crippen LogP contribution in [0.3, 0.4) is 0 Å². The summed E-state index contributed by atoms with van der Waals surface area (Å²) in [5.41, 5.74) is 0. The average Bonchev–Trinajstić information content (AvgIpc) is 2.70. The minimum absolute atomic E-state index is 0.0721. The van der Waals surface area contributed by atoms with Gasteiger partial charge in [-0.3, -0.25) is 4.79 Å². The van der Waals surface area contributed by atoms with E-state index in [1.807, 2.05) is 0 Å². The fourth-order valence-corrected chi connectivity index (χ4v) is 1.54. The van der Waals surface area contributed by atoms with Crippen LogP contribution in [0.1, 0.15) is 19.3 Å². The van der Waals surface area contributed by atoms with Gasteiger partial charge in [-0.2, -0.15) is 0 Å². The predicted molar refractivity (Wildman–Crippen MR) is 54.5 cm³/mol. The molecule has 5 heteroatoms. The van der Waals surface area contributed by atoms with Gasteiger partial charge in [0.2, 0.25) is 5.91 Å². The fourth-order valence-electron chi connectivity index (χ4n) is 1.54. The van der Waals surface area contributed by atoms with E-state index in [0.717, 1.165) is 12.8 Å². The maximum atomic E-state index is 11.4. The topological polar surface area (TPSA) is 67.8 Å². The zero-order valence-electron chi connectivity index (χ0n) is 9.07. The van der Waals surface area contributed by atoms with Crippen molar-refractivity contribution in [1.82, 2.24) is 5.32 Å². The Hall–Kier alpha value is -0.650. The van der Waals surface area contributed by atoms with Crippen LogP contribution in [0.25, 0.3) is 0 Å². The second kappa shape index (κ2) is 6.76. The summed E-state index contributed by atoms with van der Waals surface area (Å²) < 4.78 is 9.99. The summed E-state index contributed by atoms with van der Waals surface area (Å²) in [6.07, 6.45) is 1.45. The predicted octanol–water partition coefficient (Wildman–Crippen LogP) is -0.321. The Morgan fingerprint density at radius 3 is 3.13 bits per heavy atom. The molecule has 1 saturated heterocycles. The first-order valence-corrected chi connectivity index (χ1v) is 5.30. The van der Waals surface area contributed by atoms with Crippen molar-refractivity contribution in [2.24, 2.45) is 0 Å². The first-order chi connectivity index (χ1) is 7.24. The van der Waals surface area contributed by atoms with Gasteiger partial charge >= 0.3 is 0 Å². The van der Waals surface area contributed by atoms with Crippen LogP contribution in [-0.4, -0.2) is 50.1 Å². The highest BCUT2D eigenvalue weighted by atomic mass is 16.5. The zero-order chi connectivity index (χ0) is 11.1. The van der Waals surface area contributed by atoms with Gasteiger partial charge in [0.15, 0.2) is 0 Å². The van der Waals surface area contributed by atoms with Crippen molar-refractivity contribution >= 4 is 5.91 Å². The second-order valence-electron chi connectivity index (χ2n) is 3.69. The van der Waals surface area contributed by atoms with Gasteiger partial charge in [-0.05, 0) is 19.3 Å². The van der Waals surface area contributed by atoms with E-state index in [9.17, 15) is 9.90 Å². The first-order valence-electron chi connectivity index (χ1n) is 5.30. The average molecular weight is 217 g/mol. The Morgan fingerprint density at radius 2 is 2.53 bits per heavy atom. The number of carbonyl (C=O) groups excluding carboxylic acids is 1. The van der Waals surface area contributed by atoms with E-state index in [4.69, 9.17) is 9.47 Å². The summed E-state index contributed by atoms with van der Waals surface area (Å²) in [5.74, 6) is -0.0721. The van der Waals surface area contributed by atoms with Crippen molar-refractivity contribution in [3.05, 3.63) is 0 Å². The highest BCUT2D eigenvalue weighted by Gasteiger charge is 2.22. The molecule has 1 aliphatic rings. The lowest BCUT2D eigenvalue weighted by molar-refractivity contribution is -0.130. The van der Waals surface area contributed by atoms with E-state index in [2.05, 4.69) is 5.32 Å². The number of aliphatic hydroxyl groups is 1. The second-order valence-corrected chi connectivity index (χ2v) is 3.69.